The van der Waals surface area contributed by atoms with Crippen LogP contribution in [0.25, 0.3) is 0 Å². The molecule has 0 atom stereocenters. The van der Waals surface area contributed by atoms with Crippen LogP contribution in [0.3, 0.4) is 0 Å². The van der Waals surface area contributed by atoms with E-state index in [4.69, 9.17) is 4.74 Å². The van der Waals surface area contributed by atoms with Gasteiger partial charge in [-0.15, -0.1) is 0 Å². The maximum atomic E-state index is 11.8. The molecule has 5 nitrogen and oxygen atoms in total. The molecule has 0 saturated carbocycles. The SMILES string of the molecule is CC(C)(C#Cc1ccc(NC=O)cc1)NC(=O)OC(C)(C)C. The van der Waals surface area contributed by atoms with E-state index in [-0.39, 0.29) is 0 Å². The number of hydrogen-bond acceptors (Lipinski definition) is 3. The first kappa shape index (κ1) is 17.6. The first-order chi connectivity index (χ1) is 10.1. The molecule has 118 valence electrons. The molecule has 2 amide bonds. The van der Waals surface area contributed by atoms with Crippen molar-refractivity contribution in [2.75, 3.05) is 5.32 Å². The number of anilines is 1. The average Bonchev–Trinajstić information content (AvgIpc) is 2.35. The molecule has 0 bridgehead atoms. The van der Waals surface area contributed by atoms with Crippen molar-refractivity contribution in [2.45, 2.75) is 45.8 Å². The third-order valence-electron chi connectivity index (χ3n) is 2.44. The molecule has 0 saturated heterocycles. The Morgan fingerprint density at radius 3 is 2.23 bits per heavy atom. The normalized spacial score (nSPS) is 11.0. The Labute approximate surface area is 131 Å². The second-order valence-electron chi connectivity index (χ2n) is 6.34. The molecule has 22 heavy (non-hydrogen) atoms. The summed E-state index contributed by atoms with van der Waals surface area (Å²) in [6.45, 7) is 9.01. The zero-order chi connectivity index (χ0) is 16.8. The fourth-order valence-electron chi connectivity index (χ4n) is 1.54. The van der Waals surface area contributed by atoms with Gasteiger partial charge in [0.2, 0.25) is 6.41 Å². The zero-order valence-electron chi connectivity index (χ0n) is 13.6. The third-order valence-corrected chi connectivity index (χ3v) is 2.44. The van der Waals surface area contributed by atoms with E-state index in [9.17, 15) is 9.59 Å². The Balaban J connectivity index is 2.71. The standard InChI is InChI=1S/C17H22N2O3/c1-16(2,3)22-15(21)19-17(4,5)11-10-13-6-8-14(9-7-13)18-12-20/h6-9,12H,1-5H3,(H,18,20)(H,19,21). The minimum absolute atomic E-state index is 0.502. The maximum Gasteiger partial charge on any atom is 0.408 e. The van der Waals surface area contributed by atoms with Gasteiger partial charge >= 0.3 is 6.09 Å². The minimum Gasteiger partial charge on any atom is -0.444 e. The number of alkyl carbamates (subject to hydrolysis) is 1. The van der Waals surface area contributed by atoms with E-state index in [1.165, 1.54) is 0 Å². The predicted molar refractivity (Wildman–Crippen MR) is 86.5 cm³/mol. The van der Waals surface area contributed by atoms with Gasteiger partial charge in [-0.1, -0.05) is 11.8 Å². The molecular weight excluding hydrogens is 280 g/mol. The van der Waals surface area contributed by atoms with Crippen molar-refractivity contribution in [3.8, 4) is 11.8 Å². The maximum absolute atomic E-state index is 11.8. The van der Waals surface area contributed by atoms with Gasteiger partial charge in [0, 0.05) is 11.3 Å². The highest BCUT2D eigenvalue weighted by molar-refractivity contribution is 5.71. The summed E-state index contributed by atoms with van der Waals surface area (Å²) >= 11 is 0. The number of hydrogen-bond donors (Lipinski definition) is 2. The number of nitrogens with one attached hydrogen (secondary N) is 2. The summed E-state index contributed by atoms with van der Waals surface area (Å²) in [7, 11) is 0. The highest BCUT2D eigenvalue weighted by Gasteiger charge is 2.22. The van der Waals surface area contributed by atoms with Crippen LogP contribution in [0, 0.1) is 11.8 Å². The van der Waals surface area contributed by atoms with Crippen LogP contribution in [0.1, 0.15) is 40.2 Å². The largest absolute Gasteiger partial charge is 0.444 e. The lowest BCUT2D eigenvalue weighted by molar-refractivity contribution is -0.105. The van der Waals surface area contributed by atoms with Crippen molar-refractivity contribution in [2.24, 2.45) is 0 Å². The topological polar surface area (TPSA) is 67.4 Å². The van der Waals surface area contributed by atoms with Crippen LogP contribution in [0.15, 0.2) is 24.3 Å². The summed E-state index contributed by atoms with van der Waals surface area (Å²) in [5.41, 5.74) is 0.221. The molecule has 0 aromatic heterocycles. The van der Waals surface area contributed by atoms with Crippen molar-refractivity contribution in [3.05, 3.63) is 29.8 Å². The molecule has 0 fully saturated rings. The van der Waals surface area contributed by atoms with E-state index < -0.39 is 17.2 Å². The van der Waals surface area contributed by atoms with Crippen molar-refractivity contribution < 1.29 is 14.3 Å². The molecule has 0 unspecified atom stereocenters. The highest BCUT2D eigenvalue weighted by atomic mass is 16.6. The highest BCUT2D eigenvalue weighted by Crippen LogP contribution is 2.10. The Bertz CT molecular complexity index is 587. The van der Waals surface area contributed by atoms with Gasteiger partial charge in [-0.2, -0.15) is 0 Å². The first-order valence-electron chi connectivity index (χ1n) is 6.96. The van der Waals surface area contributed by atoms with E-state index in [1.807, 2.05) is 0 Å². The molecule has 0 radical (unpaired) electrons. The van der Waals surface area contributed by atoms with E-state index in [0.717, 1.165) is 5.56 Å². The Morgan fingerprint density at radius 2 is 1.73 bits per heavy atom. The van der Waals surface area contributed by atoms with Crippen LogP contribution < -0.4 is 10.6 Å². The van der Waals surface area contributed by atoms with Gasteiger partial charge < -0.3 is 15.4 Å². The van der Waals surface area contributed by atoms with Crippen molar-refractivity contribution in [1.29, 1.82) is 0 Å². The summed E-state index contributed by atoms with van der Waals surface area (Å²) in [5, 5.41) is 5.27. The van der Waals surface area contributed by atoms with Gasteiger partial charge in [0.1, 0.15) is 5.60 Å². The summed E-state index contributed by atoms with van der Waals surface area (Å²) in [4.78, 5) is 22.1. The minimum atomic E-state index is -0.720. The van der Waals surface area contributed by atoms with Crippen molar-refractivity contribution in [3.63, 3.8) is 0 Å². The summed E-state index contributed by atoms with van der Waals surface area (Å²) in [6, 6.07) is 7.10. The Morgan fingerprint density at radius 1 is 1.14 bits per heavy atom. The van der Waals surface area contributed by atoms with Gasteiger partial charge in [0.05, 0.1) is 5.54 Å². The van der Waals surface area contributed by atoms with Crippen LogP contribution >= 0.6 is 0 Å². The molecule has 0 aliphatic rings. The van der Waals surface area contributed by atoms with Crippen LogP contribution in [-0.2, 0) is 9.53 Å². The van der Waals surface area contributed by atoms with Crippen molar-refractivity contribution in [1.82, 2.24) is 5.32 Å². The lowest BCUT2D eigenvalue weighted by Crippen LogP contribution is -2.44. The number of benzene rings is 1. The Hall–Kier alpha value is -2.48. The van der Waals surface area contributed by atoms with E-state index in [2.05, 4.69) is 22.5 Å². The number of amides is 2. The number of ether oxygens (including phenoxy) is 1. The quantitative estimate of drug-likeness (QED) is 0.666. The fourth-order valence-corrected chi connectivity index (χ4v) is 1.54. The number of rotatable bonds is 3. The lowest BCUT2D eigenvalue weighted by atomic mass is 10.1. The second-order valence-corrected chi connectivity index (χ2v) is 6.34. The monoisotopic (exact) mass is 302 g/mol. The average molecular weight is 302 g/mol. The molecule has 0 aliphatic carbocycles. The first-order valence-corrected chi connectivity index (χ1v) is 6.96. The molecule has 5 heteroatoms. The predicted octanol–water partition coefficient (Wildman–Crippen LogP) is 2.91. The molecule has 1 rings (SSSR count). The third kappa shape index (κ3) is 6.80. The van der Waals surface area contributed by atoms with Gasteiger partial charge in [0.15, 0.2) is 0 Å². The zero-order valence-corrected chi connectivity index (χ0v) is 13.6. The molecule has 0 heterocycles. The van der Waals surface area contributed by atoms with Crippen LogP contribution in [-0.4, -0.2) is 23.6 Å². The summed E-state index contributed by atoms with van der Waals surface area (Å²) < 4.78 is 5.21. The number of carbonyl (C=O) groups is 2. The number of carbonyl (C=O) groups excluding carboxylic acids is 2. The van der Waals surface area contributed by atoms with Gasteiger partial charge in [-0.05, 0) is 58.9 Å². The molecule has 1 aromatic rings. The van der Waals surface area contributed by atoms with E-state index >= 15 is 0 Å². The van der Waals surface area contributed by atoms with Gasteiger partial charge in [0.25, 0.3) is 0 Å². The molecule has 0 aliphatic heterocycles. The van der Waals surface area contributed by atoms with E-state index in [1.54, 1.807) is 58.9 Å². The summed E-state index contributed by atoms with van der Waals surface area (Å²) in [6.07, 6.45) is 0.117. The van der Waals surface area contributed by atoms with E-state index in [0.29, 0.717) is 12.1 Å². The smallest absolute Gasteiger partial charge is 0.408 e. The van der Waals surface area contributed by atoms with Gasteiger partial charge in [-0.3, -0.25) is 4.79 Å². The summed E-state index contributed by atoms with van der Waals surface area (Å²) in [5.74, 6) is 5.98. The van der Waals surface area contributed by atoms with Crippen LogP contribution in [0.5, 0.6) is 0 Å². The lowest BCUT2D eigenvalue weighted by Gasteiger charge is -2.24. The second kappa shape index (κ2) is 6.99. The Kier molecular flexibility index (Phi) is 5.58. The van der Waals surface area contributed by atoms with Crippen molar-refractivity contribution >= 4 is 18.2 Å². The molecule has 1 aromatic carbocycles. The molecular formula is C17H22N2O3. The molecule has 2 N–H and O–H groups in total. The van der Waals surface area contributed by atoms with Crippen LogP contribution in [0.2, 0.25) is 0 Å². The fraction of sp³-hybridized carbons (Fsp3) is 0.412. The van der Waals surface area contributed by atoms with Gasteiger partial charge in [-0.25, -0.2) is 4.79 Å². The molecule has 0 spiro atoms. The van der Waals surface area contributed by atoms with Crippen LogP contribution in [0.4, 0.5) is 10.5 Å².